The monoisotopic (exact) mass is 267 g/mol. The molecule has 94 valence electrons. The average molecular weight is 267 g/mol. The van der Waals surface area contributed by atoms with E-state index in [4.69, 9.17) is 5.73 Å². The summed E-state index contributed by atoms with van der Waals surface area (Å²) in [4.78, 5) is 10.2. The quantitative estimate of drug-likeness (QED) is 0.891. The predicted octanol–water partition coefficient (Wildman–Crippen LogP) is 1.12. The van der Waals surface area contributed by atoms with Crippen LogP contribution in [0.3, 0.4) is 0 Å². The lowest BCUT2D eigenvalue weighted by molar-refractivity contribution is -0.106. The van der Waals surface area contributed by atoms with Crippen LogP contribution in [0.25, 0.3) is 0 Å². The van der Waals surface area contributed by atoms with E-state index in [1.165, 1.54) is 6.07 Å². The fourth-order valence-corrected chi connectivity index (χ4v) is 2.33. The standard InChI is InChI=1S/C9H8F3NO3S/c10-9(11,12)5-17(15,16)7-3-1-2-6(4-7)8(13)14/h1-4H,5H2,(H2,13,14). The molecule has 8 heteroatoms. The third kappa shape index (κ3) is 3.74. The highest BCUT2D eigenvalue weighted by Crippen LogP contribution is 2.22. The number of hydrogen-bond acceptors (Lipinski definition) is 3. The van der Waals surface area contributed by atoms with Crippen molar-refractivity contribution in [1.82, 2.24) is 0 Å². The molecule has 0 bridgehead atoms. The number of primary amides is 1. The lowest BCUT2D eigenvalue weighted by Gasteiger charge is -2.08. The Labute approximate surface area is 95.1 Å². The summed E-state index contributed by atoms with van der Waals surface area (Å²) in [5, 5.41) is 0. The van der Waals surface area contributed by atoms with E-state index in [-0.39, 0.29) is 5.56 Å². The molecule has 1 aromatic rings. The number of sulfone groups is 1. The third-order valence-corrected chi connectivity index (χ3v) is 3.51. The van der Waals surface area contributed by atoms with Gasteiger partial charge < -0.3 is 5.73 Å². The van der Waals surface area contributed by atoms with Gasteiger partial charge in [-0.2, -0.15) is 13.2 Å². The SMILES string of the molecule is NC(=O)c1cccc(S(=O)(=O)CC(F)(F)F)c1. The van der Waals surface area contributed by atoms with Gasteiger partial charge in [0.2, 0.25) is 5.91 Å². The van der Waals surface area contributed by atoms with Crippen molar-refractivity contribution >= 4 is 15.7 Å². The molecule has 17 heavy (non-hydrogen) atoms. The van der Waals surface area contributed by atoms with Crippen LogP contribution in [-0.2, 0) is 9.84 Å². The van der Waals surface area contributed by atoms with Gasteiger partial charge in [0.25, 0.3) is 0 Å². The Hall–Kier alpha value is -1.57. The molecule has 0 aliphatic heterocycles. The minimum Gasteiger partial charge on any atom is -0.366 e. The predicted molar refractivity (Wildman–Crippen MR) is 53.1 cm³/mol. The zero-order chi connectivity index (χ0) is 13.3. The average Bonchev–Trinajstić information content (AvgIpc) is 2.14. The Balaban J connectivity index is 3.16. The van der Waals surface area contributed by atoms with E-state index in [1.54, 1.807) is 0 Å². The van der Waals surface area contributed by atoms with Crippen molar-refractivity contribution in [2.24, 2.45) is 5.73 Å². The molecule has 0 saturated heterocycles. The van der Waals surface area contributed by atoms with E-state index in [1.807, 2.05) is 0 Å². The number of rotatable bonds is 3. The van der Waals surface area contributed by atoms with Crippen LogP contribution in [-0.4, -0.2) is 26.3 Å². The number of nitrogens with two attached hydrogens (primary N) is 1. The van der Waals surface area contributed by atoms with E-state index in [0.29, 0.717) is 0 Å². The van der Waals surface area contributed by atoms with Crippen molar-refractivity contribution in [3.63, 3.8) is 0 Å². The first-order chi connectivity index (χ1) is 7.62. The molecule has 4 nitrogen and oxygen atoms in total. The van der Waals surface area contributed by atoms with E-state index in [9.17, 15) is 26.4 Å². The fourth-order valence-electron chi connectivity index (χ4n) is 1.14. The molecule has 1 amide bonds. The molecule has 0 aromatic heterocycles. The van der Waals surface area contributed by atoms with Crippen molar-refractivity contribution in [2.45, 2.75) is 11.1 Å². The summed E-state index contributed by atoms with van der Waals surface area (Å²) in [5.41, 5.74) is 4.74. The Bertz CT molecular complexity index is 537. The molecule has 0 radical (unpaired) electrons. The zero-order valence-corrected chi connectivity index (χ0v) is 9.18. The minimum atomic E-state index is -4.83. The highest BCUT2D eigenvalue weighted by Gasteiger charge is 2.36. The minimum absolute atomic E-state index is 0.159. The van der Waals surface area contributed by atoms with E-state index < -0.39 is 32.6 Å². The largest absolute Gasteiger partial charge is 0.403 e. The van der Waals surface area contributed by atoms with Gasteiger partial charge in [-0.15, -0.1) is 0 Å². The molecule has 0 atom stereocenters. The Morgan fingerprint density at radius 3 is 2.35 bits per heavy atom. The van der Waals surface area contributed by atoms with Crippen LogP contribution in [0, 0.1) is 0 Å². The molecule has 0 heterocycles. The van der Waals surface area contributed by atoms with Crippen LogP contribution < -0.4 is 5.73 Å². The maximum Gasteiger partial charge on any atom is 0.403 e. The summed E-state index contributed by atoms with van der Waals surface area (Å²) in [6, 6.07) is 4.18. The molecule has 0 unspecified atom stereocenters. The van der Waals surface area contributed by atoms with Gasteiger partial charge in [-0.25, -0.2) is 8.42 Å². The van der Waals surface area contributed by atoms with Crippen molar-refractivity contribution in [3.05, 3.63) is 29.8 Å². The van der Waals surface area contributed by atoms with E-state index in [2.05, 4.69) is 0 Å². The van der Waals surface area contributed by atoms with Gasteiger partial charge in [-0.1, -0.05) is 6.07 Å². The normalized spacial score (nSPS) is 12.4. The molecule has 1 aromatic carbocycles. The molecule has 0 aliphatic carbocycles. The van der Waals surface area contributed by atoms with Crippen LogP contribution in [0.5, 0.6) is 0 Å². The maximum atomic E-state index is 12.0. The second-order valence-electron chi connectivity index (χ2n) is 3.27. The molecule has 0 spiro atoms. The number of alkyl halides is 3. The zero-order valence-electron chi connectivity index (χ0n) is 8.36. The first-order valence-electron chi connectivity index (χ1n) is 4.31. The number of carbonyl (C=O) groups excluding carboxylic acids is 1. The number of amides is 1. The number of carbonyl (C=O) groups is 1. The Morgan fingerprint density at radius 2 is 1.88 bits per heavy atom. The first-order valence-corrected chi connectivity index (χ1v) is 5.96. The molecular formula is C9H8F3NO3S. The second kappa shape index (κ2) is 4.36. The van der Waals surface area contributed by atoms with Crippen molar-refractivity contribution in [3.8, 4) is 0 Å². The Morgan fingerprint density at radius 1 is 1.29 bits per heavy atom. The van der Waals surface area contributed by atoms with Gasteiger partial charge in [-0.05, 0) is 18.2 Å². The van der Waals surface area contributed by atoms with Gasteiger partial charge in [-0.3, -0.25) is 4.79 Å². The van der Waals surface area contributed by atoms with Crippen molar-refractivity contribution in [1.29, 1.82) is 0 Å². The lowest BCUT2D eigenvalue weighted by Crippen LogP contribution is -2.23. The van der Waals surface area contributed by atoms with Crippen molar-refractivity contribution in [2.75, 3.05) is 5.75 Å². The van der Waals surface area contributed by atoms with Crippen molar-refractivity contribution < 1.29 is 26.4 Å². The smallest absolute Gasteiger partial charge is 0.366 e. The summed E-state index contributed by atoms with van der Waals surface area (Å²) in [7, 11) is -4.51. The highest BCUT2D eigenvalue weighted by molar-refractivity contribution is 7.91. The molecular weight excluding hydrogens is 259 g/mol. The second-order valence-corrected chi connectivity index (χ2v) is 5.26. The molecule has 0 fully saturated rings. The molecule has 2 N–H and O–H groups in total. The van der Waals surface area contributed by atoms with Crippen LogP contribution in [0.15, 0.2) is 29.2 Å². The van der Waals surface area contributed by atoms with Crippen LogP contribution in [0.1, 0.15) is 10.4 Å². The Kier molecular flexibility index (Phi) is 3.46. The topological polar surface area (TPSA) is 77.2 Å². The number of hydrogen-bond donors (Lipinski definition) is 1. The van der Waals surface area contributed by atoms with Gasteiger partial charge in [0.05, 0.1) is 4.90 Å². The summed E-state index contributed by atoms with van der Waals surface area (Å²) < 4.78 is 58.8. The summed E-state index contributed by atoms with van der Waals surface area (Å²) in [6.45, 7) is 0. The van der Waals surface area contributed by atoms with Gasteiger partial charge in [0.1, 0.15) is 0 Å². The maximum absolute atomic E-state index is 12.0. The van der Waals surface area contributed by atoms with Crippen LogP contribution >= 0.6 is 0 Å². The molecule has 0 saturated carbocycles. The van der Waals surface area contributed by atoms with Crippen LogP contribution in [0.4, 0.5) is 13.2 Å². The van der Waals surface area contributed by atoms with Gasteiger partial charge in [0, 0.05) is 5.56 Å². The van der Waals surface area contributed by atoms with Crippen LogP contribution in [0.2, 0.25) is 0 Å². The summed E-state index contributed by atoms with van der Waals surface area (Å²) in [5.74, 6) is -2.88. The molecule has 0 aliphatic rings. The van der Waals surface area contributed by atoms with Gasteiger partial charge >= 0.3 is 6.18 Å². The van der Waals surface area contributed by atoms with E-state index in [0.717, 1.165) is 18.2 Å². The first kappa shape index (κ1) is 13.5. The third-order valence-electron chi connectivity index (χ3n) is 1.83. The van der Waals surface area contributed by atoms with E-state index >= 15 is 0 Å². The molecule has 1 rings (SSSR count). The fraction of sp³-hybridized carbons (Fsp3) is 0.222. The lowest BCUT2D eigenvalue weighted by atomic mass is 10.2. The summed E-state index contributed by atoms with van der Waals surface area (Å²) >= 11 is 0. The highest BCUT2D eigenvalue weighted by atomic mass is 32.2. The summed E-state index contributed by atoms with van der Waals surface area (Å²) in [6.07, 6.45) is -4.83. The van der Waals surface area contributed by atoms with Gasteiger partial charge in [0.15, 0.2) is 15.6 Å². The number of halogens is 3. The number of benzene rings is 1.